The standard InChI is InChI=1S/C13H29NO2/c1-4-9-15-11-12-16-10-7-6-8-13(3)14-5-2/h13-14H,4-12H2,1-3H3. The molecule has 1 N–H and O–H groups in total. The highest BCUT2D eigenvalue weighted by atomic mass is 16.5. The third-order valence-corrected chi connectivity index (χ3v) is 2.45. The molecule has 0 radical (unpaired) electrons. The lowest BCUT2D eigenvalue weighted by atomic mass is 10.1. The van der Waals surface area contributed by atoms with E-state index in [4.69, 9.17) is 9.47 Å². The minimum absolute atomic E-state index is 0.637. The van der Waals surface area contributed by atoms with E-state index in [9.17, 15) is 0 Å². The smallest absolute Gasteiger partial charge is 0.0700 e. The predicted molar refractivity (Wildman–Crippen MR) is 68.9 cm³/mol. The molecule has 0 fully saturated rings. The summed E-state index contributed by atoms with van der Waals surface area (Å²) in [5, 5.41) is 3.41. The minimum atomic E-state index is 0.637. The summed E-state index contributed by atoms with van der Waals surface area (Å²) in [5.74, 6) is 0. The van der Waals surface area contributed by atoms with Crippen LogP contribution in [0.4, 0.5) is 0 Å². The van der Waals surface area contributed by atoms with Gasteiger partial charge in [-0.15, -0.1) is 0 Å². The Labute approximate surface area is 101 Å². The van der Waals surface area contributed by atoms with Crippen LogP contribution in [-0.4, -0.2) is 39.0 Å². The van der Waals surface area contributed by atoms with Crippen LogP contribution in [0.3, 0.4) is 0 Å². The fourth-order valence-electron chi connectivity index (χ4n) is 1.57. The Morgan fingerprint density at radius 3 is 2.25 bits per heavy atom. The van der Waals surface area contributed by atoms with E-state index in [0.717, 1.165) is 45.8 Å². The summed E-state index contributed by atoms with van der Waals surface area (Å²) < 4.78 is 10.8. The van der Waals surface area contributed by atoms with E-state index < -0.39 is 0 Å². The molecule has 0 amide bonds. The quantitative estimate of drug-likeness (QED) is 0.524. The van der Waals surface area contributed by atoms with Gasteiger partial charge < -0.3 is 14.8 Å². The molecule has 3 nitrogen and oxygen atoms in total. The van der Waals surface area contributed by atoms with Gasteiger partial charge in [-0.05, 0) is 39.2 Å². The summed E-state index contributed by atoms with van der Waals surface area (Å²) >= 11 is 0. The third-order valence-electron chi connectivity index (χ3n) is 2.45. The summed E-state index contributed by atoms with van der Waals surface area (Å²) in [6.45, 7) is 10.8. The van der Waals surface area contributed by atoms with Crippen LogP contribution in [0.2, 0.25) is 0 Å². The van der Waals surface area contributed by atoms with Crippen LogP contribution < -0.4 is 5.32 Å². The summed E-state index contributed by atoms with van der Waals surface area (Å²) in [6.07, 6.45) is 4.72. The summed E-state index contributed by atoms with van der Waals surface area (Å²) in [6, 6.07) is 0.637. The van der Waals surface area contributed by atoms with Gasteiger partial charge in [0, 0.05) is 19.3 Å². The van der Waals surface area contributed by atoms with Crippen LogP contribution in [-0.2, 0) is 9.47 Å². The van der Waals surface area contributed by atoms with Gasteiger partial charge in [-0.25, -0.2) is 0 Å². The molecule has 0 aliphatic carbocycles. The number of hydrogen-bond acceptors (Lipinski definition) is 3. The van der Waals surface area contributed by atoms with Crippen molar-refractivity contribution in [2.45, 2.75) is 52.5 Å². The predicted octanol–water partition coefficient (Wildman–Crippen LogP) is 2.60. The molecule has 0 bridgehead atoms. The maximum Gasteiger partial charge on any atom is 0.0700 e. The first-order valence-corrected chi connectivity index (χ1v) is 6.70. The van der Waals surface area contributed by atoms with Crippen molar-refractivity contribution in [2.75, 3.05) is 33.0 Å². The fourth-order valence-corrected chi connectivity index (χ4v) is 1.57. The van der Waals surface area contributed by atoms with Gasteiger partial charge in [0.15, 0.2) is 0 Å². The van der Waals surface area contributed by atoms with E-state index >= 15 is 0 Å². The number of unbranched alkanes of at least 4 members (excludes halogenated alkanes) is 1. The molecule has 0 aliphatic heterocycles. The van der Waals surface area contributed by atoms with E-state index in [1.54, 1.807) is 0 Å². The molecule has 0 aliphatic rings. The highest BCUT2D eigenvalue weighted by Gasteiger charge is 1.98. The first kappa shape index (κ1) is 15.9. The maximum atomic E-state index is 5.48. The Hall–Kier alpha value is -0.120. The summed E-state index contributed by atoms with van der Waals surface area (Å²) in [7, 11) is 0. The Morgan fingerprint density at radius 2 is 1.62 bits per heavy atom. The fraction of sp³-hybridized carbons (Fsp3) is 1.00. The molecule has 0 heterocycles. The second-order valence-electron chi connectivity index (χ2n) is 4.18. The molecule has 0 aromatic rings. The molecule has 0 aromatic heterocycles. The van der Waals surface area contributed by atoms with Crippen LogP contribution in [0.1, 0.15) is 46.5 Å². The van der Waals surface area contributed by atoms with Crippen molar-refractivity contribution in [1.29, 1.82) is 0 Å². The summed E-state index contributed by atoms with van der Waals surface area (Å²) in [5.41, 5.74) is 0. The zero-order chi connectivity index (χ0) is 12.1. The highest BCUT2D eigenvalue weighted by Crippen LogP contribution is 2.00. The largest absolute Gasteiger partial charge is 0.379 e. The second kappa shape index (κ2) is 12.9. The van der Waals surface area contributed by atoms with Gasteiger partial charge in [0.2, 0.25) is 0 Å². The van der Waals surface area contributed by atoms with Crippen molar-refractivity contribution in [3.05, 3.63) is 0 Å². The Balaban J connectivity index is 2.98. The summed E-state index contributed by atoms with van der Waals surface area (Å²) in [4.78, 5) is 0. The normalized spacial score (nSPS) is 12.9. The van der Waals surface area contributed by atoms with Crippen molar-refractivity contribution in [2.24, 2.45) is 0 Å². The van der Waals surface area contributed by atoms with E-state index in [-0.39, 0.29) is 0 Å². The van der Waals surface area contributed by atoms with Gasteiger partial charge in [0.25, 0.3) is 0 Å². The average Bonchev–Trinajstić information content (AvgIpc) is 2.27. The lowest BCUT2D eigenvalue weighted by molar-refractivity contribution is 0.0464. The Bertz CT molecular complexity index is 131. The number of rotatable bonds is 12. The topological polar surface area (TPSA) is 30.5 Å². The van der Waals surface area contributed by atoms with E-state index in [1.807, 2.05) is 0 Å². The molecule has 0 spiro atoms. The lowest BCUT2D eigenvalue weighted by Crippen LogP contribution is -2.25. The van der Waals surface area contributed by atoms with Crippen LogP contribution >= 0.6 is 0 Å². The van der Waals surface area contributed by atoms with Gasteiger partial charge in [-0.2, -0.15) is 0 Å². The molecule has 3 heteroatoms. The van der Waals surface area contributed by atoms with Gasteiger partial charge in [-0.1, -0.05) is 13.8 Å². The molecule has 0 rings (SSSR count). The molecular formula is C13H29NO2. The van der Waals surface area contributed by atoms with Crippen molar-refractivity contribution in [3.8, 4) is 0 Å². The first-order valence-electron chi connectivity index (χ1n) is 6.70. The minimum Gasteiger partial charge on any atom is -0.379 e. The van der Waals surface area contributed by atoms with E-state index in [0.29, 0.717) is 6.04 Å². The monoisotopic (exact) mass is 231 g/mol. The van der Waals surface area contributed by atoms with Crippen LogP contribution in [0, 0.1) is 0 Å². The zero-order valence-electron chi connectivity index (χ0n) is 11.3. The van der Waals surface area contributed by atoms with Gasteiger partial charge in [-0.3, -0.25) is 0 Å². The Kier molecular flexibility index (Phi) is 12.9. The Morgan fingerprint density at radius 1 is 0.938 bits per heavy atom. The molecule has 0 aromatic carbocycles. The van der Waals surface area contributed by atoms with Gasteiger partial charge in [0.1, 0.15) is 0 Å². The zero-order valence-corrected chi connectivity index (χ0v) is 11.3. The third kappa shape index (κ3) is 12.0. The van der Waals surface area contributed by atoms with Crippen molar-refractivity contribution in [3.63, 3.8) is 0 Å². The molecule has 0 saturated heterocycles. The van der Waals surface area contributed by atoms with Gasteiger partial charge >= 0.3 is 0 Å². The highest BCUT2D eigenvalue weighted by molar-refractivity contribution is 4.58. The lowest BCUT2D eigenvalue weighted by Gasteiger charge is -2.11. The molecule has 16 heavy (non-hydrogen) atoms. The second-order valence-corrected chi connectivity index (χ2v) is 4.18. The van der Waals surface area contributed by atoms with Crippen molar-refractivity contribution < 1.29 is 9.47 Å². The maximum absolute atomic E-state index is 5.48. The van der Waals surface area contributed by atoms with Crippen LogP contribution in [0.15, 0.2) is 0 Å². The molecule has 98 valence electrons. The first-order chi connectivity index (χ1) is 7.81. The SMILES string of the molecule is CCCOCCOCCCCC(C)NCC. The molecular weight excluding hydrogens is 202 g/mol. The van der Waals surface area contributed by atoms with E-state index in [2.05, 4.69) is 26.1 Å². The van der Waals surface area contributed by atoms with Crippen molar-refractivity contribution >= 4 is 0 Å². The number of ether oxygens (including phenoxy) is 2. The molecule has 0 saturated carbocycles. The van der Waals surface area contributed by atoms with E-state index in [1.165, 1.54) is 12.8 Å². The number of nitrogens with one attached hydrogen (secondary N) is 1. The molecule has 1 atom stereocenters. The van der Waals surface area contributed by atoms with Crippen LogP contribution in [0.25, 0.3) is 0 Å². The van der Waals surface area contributed by atoms with Crippen molar-refractivity contribution in [1.82, 2.24) is 5.32 Å². The average molecular weight is 231 g/mol. The number of hydrogen-bond donors (Lipinski definition) is 1. The van der Waals surface area contributed by atoms with Gasteiger partial charge in [0.05, 0.1) is 13.2 Å². The van der Waals surface area contributed by atoms with Crippen LogP contribution in [0.5, 0.6) is 0 Å². The molecule has 1 unspecified atom stereocenters.